The monoisotopic (exact) mass is 1250 g/mol. The molecule has 0 saturated carbocycles. The van der Waals surface area contributed by atoms with E-state index in [1.54, 1.807) is 72.5 Å². The van der Waals surface area contributed by atoms with Crippen LogP contribution in [0.5, 0.6) is 0 Å². The van der Waals surface area contributed by atoms with E-state index < -0.39 is 169 Å². The van der Waals surface area contributed by atoms with Crippen LogP contribution in [0.15, 0.2) is 60.7 Å². The second kappa shape index (κ2) is 36.9. The summed E-state index contributed by atoms with van der Waals surface area (Å²) in [4.78, 5) is 165. The lowest BCUT2D eigenvalue weighted by Crippen LogP contribution is -2.65. The minimum absolute atomic E-state index is 0.00693. The molecule has 0 radical (unpaired) electrons. The van der Waals surface area contributed by atoms with Crippen LogP contribution in [0.1, 0.15) is 103 Å². The summed E-state index contributed by atoms with van der Waals surface area (Å²) in [5.74, 6) is -12.0. The average molecular weight is 1260 g/mol. The van der Waals surface area contributed by atoms with Crippen molar-refractivity contribution in [1.29, 1.82) is 0 Å². The number of ketones is 2. The van der Waals surface area contributed by atoms with Gasteiger partial charge in [0.2, 0.25) is 47.3 Å². The van der Waals surface area contributed by atoms with Crippen LogP contribution in [0.3, 0.4) is 0 Å². The second-order valence-corrected chi connectivity index (χ2v) is 23.7. The molecule has 0 aromatic heterocycles. The number of carboxylic acid groups (broad SMARTS) is 2. The number of Topliss-reactive ketones (excluding diaryl/α,β-unsaturated/α-hetero) is 2. The van der Waals surface area contributed by atoms with E-state index in [9.17, 15) is 88.2 Å². The van der Waals surface area contributed by atoms with Crippen LogP contribution in [-0.2, 0) is 70.4 Å². The van der Waals surface area contributed by atoms with Crippen LogP contribution in [0.4, 0.5) is 0 Å². The molecule has 28 nitrogen and oxygen atoms in total. The van der Waals surface area contributed by atoms with Crippen molar-refractivity contribution >= 4 is 82.5 Å². The Morgan fingerprint density at radius 2 is 1.22 bits per heavy atom. The predicted octanol–water partition coefficient (Wildman–Crippen LogP) is -2.41. The minimum Gasteiger partial charge on any atom is -0.481 e. The molecule has 8 unspecified atom stereocenters. The van der Waals surface area contributed by atoms with Gasteiger partial charge in [0.15, 0.2) is 11.6 Å². The Labute approximate surface area is 514 Å². The number of aliphatic hydroxyl groups excluding tert-OH is 4. The molecule has 2 aliphatic rings. The fourth-order valence-corrected chi connectivity index (χ4v) is 11.3. The highest BCUT2D eigenvalue weighted by Gasteiger charge is 2.43. The summed E-state index contributed by atoms with van der Waals surface area (Å²) in [6, 6.07) is 9.14. The number of nitrogens with one attached hydrogen (secondary N) is 7. The standard InChI is InChI=1S/C59H86N10O18S/c1-33(2)25-34(3)54(82)62-38(20-21-48(76)77)55(83)64-40(28-49(78)79)57(85)66-52(43(72)19-11-12-22-60)65-53(44(73)27-37-17-9-6-10-18-37)67-56(84)39(26-36-15-7-5-8-16-36)63-58(86)41(61-35(4)71)32-88-46-29-47(75)69(59(46)87)24-14-13-23-68-30-45(74)51(81)50(80)42(68)31-70/h5-10,15-18,33-34,38-42,45-46,50-53,65,70,74,80-81H,11-14,19-32,60H2,1-4H3,(H,61,71)(H,62,82)(H,63,86)(H,64,83)(H,66,85)(H,67,84)(H,76,77)(H,78,79)/t34?,38?,39?,40?,41?,42-,45-,46?,50-,51-,52?,53?/m1/s1. The highest BCUT2D eigenvalue weighted by molar-refractivity contribution is 8.00. The zero-order valence-electron chi connectivity index (χ0n) is 50.0. The van der Waals surface area contributed by atoms with Crippen LogP contribution in [-0.4, -0.2) is 216 Å². The molecule has 0 bridgehead atoms. The number of nitrogens with two attached hydrogens (primary N) is 1. The normalized spacial score (nSPS) is 20.1. The lowest BCUT2D eigenvalue weighted by atomic mass is 9.94. The molecule has 2 saturated heterocycles. The van der Waals surface area contributed by atoms with Crippen molar-refractivity contribution in [3.05, 3.63) is 71.8 Å². The van der Waals surface area contributed by atoms with Crippen LogP contribution < -0.4 is 43.0 Å². The Morgan fingerprint density at radius 1 is 0.648 bits per heavy atom. The Morgan fingerprint density at radius 3 is 1.81 bits per heavy atom. The number of hydrogen-bond donors (Lipinski definition) is 14. The van der Waals surface area contributed by atoms with Gasteiger partial charge in [0.1, 0.15) is 48.7 Å². The lowest BCUT2D eigenvalue weighted by molar-refractivity contribution is -0.145. The van der Waals surface area contributed by atoms with E-state index in [0.717, 1.165) is 23.6 Å². The number of unbranched alkanes of at least 4 members (excludes halogenated alkanes) is 2. The first kappa shape index (κ1) is 73.2. The average Bonchev–Trinajstić information content (AvgIpc) is 3.44. The number of aliphatic hydroxyl groups is 4. The Balaban J connectivity index is 1.61. The van der Waals surface area contributed by atoms with E-state index in [1.807, 2.05) is 13.8 Å². The number of carbonyl (C=O) groups excluding carboxylic acids is 10. The van der Waals surface area contributed by atoms with Gasteiger partial charge in [0, 0.05) is 63.8 Å². The third-order valence-electron chi connectivity index (χ3n) is 14.8. The molecular formula is C59H86N10O18S. The maximum absolute atomic E-state index is 14.8. The van der Waals surface area contributed by atoms with Crippen molar-refractivity contribution < 1.29 is 88.2 Å². The fraction of sp³-hybridized carbons (Fsp3) is 0.593. The van der Waals surface area contributed by atoms with Gasteiger partial charge in [-0.05, 0) is 68.7 Å². The number of nitrogens with zero attached hydrogens (tertiary/aromatic N) is 2. The number of benzene rings is 2. The summed E-state index contributed by atoms with van der Waals surface area (Å²) in [6.07, 6.45) is -9.60. The first-order valence-electron chi connectivity index (χ1n) is 29.4. The van der Waals surface area contributed by atoms with Crippen LogP contribution in [0, 0.1) is 11.8 Å². The molecule has 8 amide bonds. The number of carbonyl (C=O) groups is 12. The van der Waals surface area contributed by atoms with Crippen LogP contribution in [0.2, 0.25) is 0 Å². The van der Waals surface area contributed by atoms with Gasteiger partial charge in [-0.25, -0.2) is 0 Å². The SMILES string of the molecule is CC(=O)NC(CSC1CC(=O)N(CCCCN2C[C@@H](O)[C@@H](O)[C@H](O)[C@H]2CO)C1=O)C(=O)NC(Cc1ccccc1)C(=O)NC(NC(NC(=O)C(CC(=O)O)NC(=O)C(CCC(=O)O)NC(=O)C(C)CC(C)C)C(=O)CCCCN)C(=O)Cc1ccccc1. The molecule has 2 aromatic carbocycles. The van der Waals surface area contributed by atoms with Crippen molar-refractivity contribution in [2.24, 2.45) is 17.6 Å². The molecule has 2 heterocycles. The van der Waals surface area contributed by atoms with E-state index in [4.69, 9.17) is 5.73 Å². The van der Waals surface area contributed by atoms with Crippen molar-refractivity contribution in [3.63, 3.8) is 0 Å². The first-order chi connectivity index (χ1) is 41.7. The molecule has 2 aliphatic heterocycles. The van der Waals surface area contributed by atoms with Crippen molar-refractivity contribution in [1.82, 2.24) is 47.0 Å². The number of β-amino-alcohol motifs (C(OH)–C–C–N with tert-alkyl or cyclic N) is 1. The van der Waals surface area contributed by atoms with Gasteiger partial charge in [-0.3, -0.25) is 72.7 Å². The third kappa shape index (κ3) is 24.0. The largest absolute Gasteiger partial charge is 0.481 e. The number of aliphatic carboxylic acids is 2. The maximum atomic E-state index is 14.8. The van der Waals surface area contributed by atoms with E-state index in [2.05, 4.69) is 37.2 Å². The minimum atomic E-state index is -1.98. The summed E-state index contributed by atoms with van der Waals surface area (Å²) >= 11 is 0.912. The number of rotatable bonds is 39. The molecule has 2 aromatic rings. The molecule has 0 aliphatic carbocycles. The summed E-state index contributed by atoms with van der Waals surface area (Å²) < 4.78 is 0. The highest BCUT2D eigenvalue weighted by Crippen LogP contribution is 2.27. The van der Waals surface area contributed by atoms with Crippen molar-refractivity contribution in [2.75, 3.05) is 38.5 Å². The smallest absolute Gasteiger partial charge is 0.305 e. The topological polar surface area (TPSA) is 443 Å². The number of thioether (sulfide) groups is 1. The number of likely N-dealkylation sites (tertiary alicyclic amines) is 2. The Kier molecular flexibility index (Phi) is 30.7. The van der Waals surface area contributed by atoms with Gasteiger partial charge in [-0.15, -0.1) is 11.8 Å². The van der Waals surface area contributed by atoms with E-state index >= 15 is 0 Å². The molecule has 0 spiro atoms. The number of amides is 8. The quantitative estimate of drug-likeness (QED) is 0.0188. The molecule has 2 fully saturated rings. The molecule has 4 rings (SSSR count). The zero-order chi connectivity index (χ0) is 65.2. The van der Waals surface area contributed by atoms with E-state index in [1.165, 1.54) is 0 Å². The van der Waals surface area contributed by atoms with Crippen molar-refractivity contribution in [3.8, 4) is 0 Å². The Bertz CT molecular complexity index is 2710. The first-order valence-corrected chi connectivity index (χ1v) is 30.4. The predicted molar refractivity (Wildman–Crippen MR) is 319 cm³/mol. The van der Waals surface area contributed by atoms with Gasteiger partial charge in [-0.2, -0.15) is 0 Å². The summed E-state index contributed by atoms with van der Waals surface area (Å²) in [6.45, 7) is 6.38. The summed E-state index contributed by atoms with van der Waals surface area (Å²) in [7, 11) is 0. The van der Waals surface area contributed by atoms with Gasteiger partial charge in [-0.1, -0.05) is 81.4 Å². The van der Waals surface area contributed by atoms with Gasteiger partial charge >= 0.3 is 11.9 Å². The number of piperidine rings is 1. The summed E-state index contributed by atoms with van der Waals surface area (Å²) in [5, 5.41) is 76.4. The van der Waals surface area contributed by atoms with Gasteiger partial charge in [0.05, 0.1) is 30.4 Å². The van der Waals surface area contributed by atoms with E-state index in [-0.39, 0.29) is 70.0 Å². The van der Waals surface area contributed by atoms with E-state index in [0.29, 0.717) is 36.8 Å². The van der Waals surface area contributed by atoms with Crippen LogP contribution >= 0.6 is 11.8 Å². The zero-order valence-corrected chi connectivity index (χ0v) is 50.8. The highest BCUT2D eigenvalue weighted by atomic mass is 32.2. The number of carboxylic acids is 2. The lowest BCUT2D eigenvalue weighted by Gasteiger charge is -2.43. The molecule has 486 valence electrons. The fourth-order valence-electron chi connectivity index (χ4n) is 10.1. The molecular weight excluding hydrogens is 1170 g/mol. The van der Waals surface area contributed by atoms with Gasteiger partial charge < -0.3 is 68.3 Å². The number of hydrogen-bond acceptors (Lipinski definition) is 20. The molecule has 12 atom stereocenters. The molecule has 29 heteroatoms. The summed E-state index contributed by atoms with van der Waals surface area (Å²) in [5.41, 5.74) is 6.66. The Hall–Kier alpha value is -7.25. The van der Waals surface area contributed by atoms with Crippen molar-refractivity contribution in [2.45, 2.75) is 171 Å². The number of imide groups is 1. The second-order valence-electron chi connectivity index (χ2n) is 22.5. The molecule has 88 heavy (non-hydrogen) atoms. The van der Waals surface area contributed by atoms with Crippen LogP contribution in [0.25, 0.3) is 0 Å². The maximum Gasteiger partial charge on any atom is 0.305 e. The molecule has 15 N–H and O–H groups in total. The van der Waals surface area contributed by atoms with Gasteiger partial charge in [0.25, 0.3) is 0 Å². The third-order valence-corrected chi connectivity index (χ3v) is 16.1.